The van der Waals surface area contributed by atoms with Crippen LogP contribution in [0.4, 0.5) is 0 Å². The summed E-state index contributed by atoms with van der Waals surface area (Å²) in [5.74, 6) is 0. The molecule has 0 saturated carbocycles. The van der Waals surface area contributed by atoms with E-state index in [4.69, 9.17) is 9.47 Å². The molecule has 0 aromatic carbocycles. The van der Waals surface area contributed by atoms with Crippen molar-refractivity contribution >= 4 is 0 Å². The second kappa shape index (κ2) is 7.25. The van der Waals surface area contributed by atoms with E-state index in [0.29, 0.717) is 11.5 Å². The fourth-order valence-electron chi connectivity index (χ4n) is 1.72. The maximum atomic E-state index is 5.56. The zero-order chi connectivity index (χ0) is 11.9. The summed E-state index contributed by atoms with van der Waals surface area (Å²) in [7, 11) is 0. The van der Waals surface area contributed by atoms with Crippen molar-refractivity contribution in [1.82, 2.24) is 5.32 Å². The summed E-state index contributed by atoms with van der Waals surface area (Å²) in [5.41, 5.74) is 0.422. The molecule has 1 atom stereocenters. The lowest BCUT2D eigenvalue weighted by Gasteiger charge is -2.18. The average Bonchev–Trinajstić information content (AvgIpc) is 2.67. The van der Waals surface area contributed by atoms with Crippen molar-refractivity contribution in [1.29, 1.82) is 0 Å². The molecule has 0 aliphatic carbocycles. The fourth-order valence-corrected chi connectivity index (χ4v) is 1.72. The molecular formula is C13H27NO2. The first-order valence-electron chi connectivity index (χ1n) is 6.48. The maximum Gasteiger partial charge on any atom is 0.0809 e. The topological polar surface area (TPSA) is 30.5 Å². The van der Waals surface area contributed by atoms with E-state index < -0.39 is 0 Å². The number of hydrogen-bond acceptors (Lipinski definition) is 3. The Labute approximate surface area is 99.9 Å². The Morgan fingerprint density at radius 1 is 1.31 bits per heavy atom. The predicted octanol–water partition coefficient (Wildman–Crippen LogP) is 2.21. The van der Waals surface area contributed by atoms with Gasteiger partial charge < -0.3 is 14.8 Å². The van der Waals surface area contributed by atoms with Crippen molar-refractivity contribution < 1.29 is 9.47 Å². The van der Waals surface area contributed by atoms with E-state index in [1.807, 2.05) is 0 Å². The maximum absolute atomic E-state index is 5.56. The van der Waals surface area contributed by atoms with E-state index in [1.165, 1.54) is 12.8 Å². The Kier molecular flexibility index (Phi) is 6.32. The van der Waals surface area contributed by atoms with Crippen molar-refractivity contribution in [3.05, 3.63) is 0 Å². The summed E-state index contributed by atoms with van der Waals surface area (Å²) in [4.78, 5) is 0. The Balaban J connectivity index is 1.81. The van der Waals surface area contributed by atoms with Crippen molar-refractivity contribution in [2.45, 2.75) is 46.1 Å². The molecule has 0 radical (unpaired) electrons. The highest BCUT2D eigenvalue weighted by molar-refractivity contribution is 4.64. The first-order chi connectivity index (χ1) is 7.58. The van der Waals surface area contributed by atoms with Crippen LogP contribution in [0.5, 0.6) is 0 Å². The van der Waals surface area contributed by atoms with Crippen LogP contribution in [0, 0.1) is 5.41 Å². The van der Waals surface area contributed by atoms with Crippen LogP contribution in [0.15, 0.2) is 0 Å². The molecule has 0 aromatic rings. The van der Waals surface area contributed by atoms with E-state index in [2.05, 4.69) is 26.1 Å². The quantitative estimate of drug-likeness (QED) is 0.679. The molecule has 0 amide bonds. The molecule has 1 fully saturated rings. The summed E-state index contributed by atoms with van der Waals surface area (Å²) in [6.45, 7) is 11.3. The third-order valence-electron chi connectivity index (χ3n) is 2.80. The van der Waals surface area contributed by atoms with Crippen LogP contribution in [-0.4, -0.2) is 39.0 Å². The number of ether oxygens (including phenoxy) is 2. The van der Waals surface area contributed by atoms with Crippen molar-refractivity contribution in [2.24, 2.45) is 5.41 Å². The zero-order valence-electron chi connectivity index (χ0n) is 11.1. The van der Waals surface area contributed by atoms with Crippen molar-refractivity contribution in [2.75, 3.05) is 32.9 Å². The molecule has 3 nitrogen and oxygen atoms in total. The van der Waals surface area contributed by atoms with Gasteiger partial charge in [-0.1, -0.05) is 20.8 Å². The number of nitrogens with one attached hydrogen (secondary N) is 1. The van der Waals surface area contributed by atoms with Crippen LogP contribution in [0.25, 0.3) is 0 Å². The van der Waals surface area contributed by atoms with Gasteiger partial charge in [0.05, 0.1) is 19.3 Å². The van der Waals surface area contributed by atoms with E-state index in [9.17, 15) is 0 Å². The monoisotopic (exact) mass is 229 g/mol. The average molecular weight is 229 g/mol. The Bertz CT molecular complexity index is 171. The molecule has 1 saturated heterocycles. The lowest BCUT2D eigenvalue weighted by atomic mass is 9.92. The molecule has 0 spiro atoms. The van der Waals surface area contributed by atoms with Crippen LogP contribution in [0.1, 0.15) is 40.0 Å². The summed E-state index contributed by atoms with van der Waals surface area (Å²) in [6, 6.07) is 0. The molecule has 1 aliphatic heterocycles. The van der Waals surface area contributed by atoms with E-state index in [0.717, 1.165) is 39.3 Å². The van der Waals surface area contributed by atoms with Gasteiger partial charge in [0.2, 0.25) is 0 Å². The van der Waals surface area contributed by atoms with Crippen LogP contribution in [0.2, 0.25) is 0 Å². The van der Waals surface area contributed by atoms with Gasteiger partial charge >= 0.3 is 0 Å². The van der Waals surface area contributed by atoms with Gasteiger partial charge in [-0.2, -0.15) is 0 Å². The molecule has 0 aromatic heterocycles. The van der Waals surface area contributed by atoms with Gasteiger partial charge in [0.1, 0.15) is 0 Å². The van der Waals surface area contributed by atoms with Gasteiger partial charge in [-0.05, 0) is 31.2 Å². The minimum absolute atomic E-state index is 0.356. The van der Waals surface area contributed by atoms with Gasteiger partial charge in [-0.3, -0.25) is 0 Å². The molecule has 1 unspecified atom stereocenters. The highest BCUT2D eigenvalue weighted by Crippen LogP contribution is 2.16. The summed E-state index contributed by atoms with van der Waals surface area (Å²) in [5, 5.41) is 3.40. The molecule has 1 rings (SSSR count). The van der Waals surface area contributed by atoms with E-state index in [1.54, 1.807) is 0 Å². The molecule has 1 aliphatic rings. The highest BCUT2D eigenvalue weighted by atomic mass is 16.5. The van der Waals surface area contributed by atoms with Gasteiger partial charge in [0, 0.05) is 13.2 Å². The van der Waals surface area contributed by atoms with E-state index >= 15 is 0 Å². The van der Waals surface area contributed by atoms with Crippen molar-refractivity contribution in [3.63, 3.8) is 0 Å². The highest BCUT2D eigenvalue weighted by Gasteiger charge is 2.14. The molecule has 16 heavy (non-hydrogen) atoms. The summed E-state index contributed by atoms with van der Waals surface area (Å²) < 4.78 is 11.0. The lowest BCUT2D eigenvalue weighted by molar-refractivity contribution is 0.0183. The number of hydrogen-bond donors (Lipinski definition) is 1. The van der Waals surface area contributed by atoms with Gasteiger partial charge in [-0.15, -0.1) is 0 Å². The van der Waals surface area contributed by atoms with Crippen LogP contribution in [-0.2, 0) is 9.47 Å². The van der Waals surface area contributed by atoms with E-state index in [-0.39, 0.29) is 0 Å². The summed E-state index contributed by atoms with van der Waals surface area (Å²) in [6.07, 6.45) is 3.92. The number of rotatable bonds is 7. The predicted molar refractivity (Wildman–Crippen MR) is 66.7 cm³/mol. The Morgan fingerprint density at radius 2 is 2.12 bits per heavy atom. The summed E-state index contributed by atoms with van der Waals surface area (Å²) >= 11 is 0. The standard InChI is InChI=1S/C13H27NO2/c1-13(2,3)6-7-14-8-10-15-11-12-5-4-9-16-12/h12,14H,4-11H2,1-3H3. The first-order valence-corrected chi connectivity index (χ1v) is 6.48. The normalized spacial score (nSPS) is 21.6. The minimum atomic E-state index is 0.356. The van der Waals surface area contributed by atoms with Crippen LogP contribution < -0.4 is 5.32 Å². The van der Waals surface area contributed by atoms with Crippen molar-refractivity contribution in [3.8, 4) is 0 Å². The smallest absolute Gasteiger partial charge is 0.0809 e. The second-order valence-electron chi connectivity index (χ2n) is 5.77. The van der Waals surface area contributed by atoms with Gasteiger partial charge in [-0.25, -0.2) is 0 Å². The molecule has 96 valence electrons. The molecule has 1 heterocycles. The molecule has 3 heteroatoms. The zero-order valence-corrected chi connectivity index (χ0v) is 11.1. The van der Waals surface area contributed by atoms with Crippen LogP contribution >= 0.6 is 0 Å². The van der Waals surface area contributed by atoms with Gasteiger partial charge in [0.15, 0.2) is 0 Å². The van der Waals surface area contributed by atoms with Gasteiger partial charge in [0.25, 0.3) is 0 Å². The fraction of sp³-hybridized carbons (Fsp3) is 1.00. The third-order valence-corrected chi connectivity index (χ3v) is 2.80. The molecule has 0 bridgehead atoms. The Morgan fingerprint density at radius 3 is 2.75 bits per heavy atom. The lowest BCUT2D eigenvalue weighted by Crippen LogP contribution is -2.25. The van der Waals surface area contributed by atoms with Crippen LogP contribution in [0.3, 0.4) is 0 Å². The largest absolute Gasteiger partial charge is 0.377 e. The Hall–Kier alpha value is -0.120. The first kappa shape index (κ1) is 13.9. The molecular weight excluding hydrogens is 202 g/mol. The molecule has 1 N–H and O–H groups in total. The minimum Gasteiger partial charge on any atom is -0.377 e. The third kappa shape index (κ3) is 7.20. The second-order valence-corrected chi connectivity index (χ2v) is 5.77. The SMILES string of the molecule is CC(C)(C)CCNCCOCC1CCCO1.